The van der Waals surface area contributed by atoms with Crippen LogP contribution < -0.4 is 0 Å². The molecule has 25 heavy (non-hydrogen) atoms. The molecular weight excluding hydrogens is 316 g/mol. The van der Waals surface area contributed by atoms with E-state index in [0.717, 1.165) is 37.8 Å². The second-order valence-corrected chi connectivity index (χ2v) is 8.23. The topological polar surface area (TPSA) is 71.2 Å². The van der Waals surface area contributed by atoms with E-state index in [9.17, 15) is 10.1 Å². The minimum Gasteiger partial charge on any atom is -0.372 e. The third kappa shape index (κ3) is 3.06. The number of amides is 1. The van der Waals surface area contributed by atoms with Gasteiger partial charge in [-0.15, -0.1) is 0 Å². The Balaban J connectivity index is 1.91. The number of piperidine rings is 1. The molecule has 2 aliphatic rings. The van der Waals surface area contributed by atoms with Gasteiger partial charge in [0.2, 0.25) is 0 Å². The van der Waals surface area contributed by atoms with E-state index in [1.165, 1.54) is 0 Å². The third-order valence-electron chi connectivity index (χ3n) is 5.45. The molecule has 0 radical (unpaired) electrons. The summed E-state index contributed by atoms with van der Waals surface area (Å²) >= 11 is 0. The van der Waals surface area contributed by atoms with Crippen LogP contribution in [0.3, 0.4) is 0 Å². The lowest BCUT2D eigenvalue weighted by atomic mass is 9.79. The van der Waals surface area contributed by atoms with Crippen LogP contribution in [-0.4, -0.2) is 45.4 Å². The van der Waals surface area contributed by atoms with Gasteiger partial charge in [-0.1, -0.05) is 0 Å². The normalized spacial score (nSPS) is 27.3. The van der Waals surface area contributed by atoms with Crippen LogP contribution in [0.15, 0.2) is 6.20 Å². The average Bonchev–Trinajstić information content (AvgIpc) is 2.96. The highest BCUT2D eigenvalue weighted by atomic mass is 16.5. The van der Waals surface area contributed by atoms with E-state index in [2.05, 4.69) is 31.9 Å². The number of aromatic nitrogens is 2. The van der Waals surface area contributed by atoms with Gasteiger partial charge in [0.15, 0.2) is 0 Å². The quantitative estimate of drug-likeness (QED) is 0.785. The van der Waals surface area contributed by atoms with E-state index in [1.54, 1.807) is 11.1 Å². The van der Waals surface area contributed by atoms with Gasteiger partial charge in [-0.3, -0.25) is 9.48 Å². The van der Waals surface area contributed by atoms with E-state index in [4.69, 9.17) is 4.74 Å². The summed E-state index contributed by atoms with van der Waals surface area (Å²) in [6, 6.07) is 1.85. The van der Waals surface area contributed by atoms with E-state index in [1.807, 2.05) is 11.6 Å². The molecule has 0 N–H and O–H groups in total. The number of carbonyl (C=O) groups is 1. The molecule has 1 amide bonds. The fourth-order valence-electron chi connectivity index (χ4n) is 4.24. The molecule has 0 aromatic carbocycles. The first-order chi connectivity index (χ1) is 11.8. The molecule has 3 heterocycles. The van der Waals surface area contributed by atoms with Gasteiger partial charge >= 0.3 is 0 Å². The monoisotopic (exact) mass is 344 g/mol. The molecule has 6 nitrogen and oxygen atoms in total. The molecule has 2 atom stereocenters. The van der Waals surface area contributed by atoms with E-state index < -0.39 is 11.6 Å². The second-order valence-electron chi connectivity index (χ2n) is 8.23. The number of rotatable bonds is 1. The van der Waals surface area contributed by atoms with Crippen LogP contribution in [0.1, 0.15) is 68.9 Å². The Labute approximate surface area is 149 Å². The van der Waals surface area contributed by atoms with Crippen molar-refractivity contribution in [1.29, 1.82) is 5.26 Å². The van der Waals surface area contributed by atoms with Crippen LogP contribution in [0.25, 0.3) is 0 Å². The van der Waals surface area contributed by atoms with Crippen molar-refractivity contribution in [3.05, 3.63) is 17.5 Å². The van der Waals surface area contributed by atoms with E-state index in [0.29, 0.717) is 18.7 Å². The molecule has 6 heteroatoms. The summed E-state index contributed by atoms with van der Waals surface area (Å²) < 4.78 is 7.95. The Hall–Kier alpha value is -1.87. The maximum Gasteiger partial charge on any atom is 0.258 e. The zero-order valence-electron chi connectivity index (χ0n) is 15.7. The second kappa shape index (κ2) is 6.45. The largest absolute Gasteiger partial charge is 0.372 e. The van der Waals surface area contributed by atoms with Crippen molar-refractivity contribution in [2.75, 3.05) is 13.2 Å². The Morgan fingerprint density at radius 3 is 2.64 bits per heavy atom. The molecule has 136 valence electrons. The number of carbonyl (C=O) groups excluding carboxylic acids is 1. The van der Waals surface area contributed by atoms with Crippen LogP contribution in [0.4, 0.5) is 0 Å². The summed E-state index contributed by atoms with van der Waals surface area (Å²) in [7, 11) is 0. The van der Waals surface area contributed by atoms with Crippen molar-refractivity contribution in [3.63, 3.8) is 0 Å². The van der Waals surface area contributed by atoms with Crippen molar-refractivity contribution < 1.29 is 9.53 Å². The molecule has 2 saturated heterocycles. The fraction of sp³-hybridized carbons (Fsp3) is 0.737. The summed E-state index contributed by atoms with van der Waals surface area (Å²) in [5.41, 5.74) is 0.753. The highest BCUT2D eigenvalue weighted by Gasteiger charge is 2.49. The van der Waals surface area contributed by atoms with Gasteiger partial charge in [0.05, 0.1) is 23.4 Å². The van der Waals surface area contributed by atoms with Gasteiger partial charge in [0.1, 0.15) is 11.6 Å². The van der Waals surface area contributed by atoms with Crippen molar-refractivity contribution in [2.24, 2.45) is 0 Å². The van der Waals surface area contributed by atoms with Gasteiger partial charge in [-0.05, 0) is 59.8 Å². The lowest BCUT2D eigenvalue weighted by Gasteiger charge is -2.48. The summed E-state index contributed by atoms with van der Waals surface area (Å²) in [6.45, 7) is 9.38. The van der Waals surface area contributed by atoms with Gasteiger partial charge in [0.25, 0.3) is 5.91 Å². The highest BCUT2D eigenvalue weighted by molar-refractivity contribution is 5.95. The number of nitrogens with zero attached hydrogens (tertiary/aromatic N) is 4. The van der Waals surface area contributed by atoms with Crippen molar-refractivity contribution in [2.45, 2.75) is 77.0 Å². The van der Waals surface area contributed by atoms with Gasteiger partial charge in [0, 0.05) is 18.8 Å². The molecule has 2 aliphatic heterocycles. The first-order valence-corrected chi connectivity index (χ1v) is 9.20. The van der Waals surface area contributed by atoms with Crippen molar-refractivity contribution >= 4 is 5.91 Å². The Morgan fingerprint density at radius 2 is 2.08 bits per heavy atom. The van der Waals surface area contributed by atoms with Crippen LogP contribution in [0, 0.1) is 18.3 Å². The summed E-state index contributed by atoms with van der Waals surface area (Å²) in [5, 5.41) is 14.2. The average molecular weight is 344 g/mol. The summed E-state index contributed by atoms with van der Waals surface area (Å²) in [5.74, 6) is -0.104. The first kappa shape index (κ1) is 17.9. The van der Waals surface area contributed by atoms with Gasteiger partial charge < -0.3 is 9.64 Å². The molecule has 1 spiro atoms. The summed E-state index contributed by atoms with van der Waals surface area (Å²) in [6.07, 6.45) is 6.31. The number of hydrogen-bond acceptors (Lipinski definition) is 4. The smallest absolute Gasteiger partial charge is 0.258 e. The molecular formula is C19H28N4O2. The highest BCUT2D eigenvalue weighted by Crippen LogP contribution is 2.39. The van der Waals surface area contributed by atoms with Gasteiger partial charge in [-0.25, -0.2) is 0 Å². The SMILES string of the molecule is Cc1c(C(=O)N2CCCC3(CCCCO3)C2C#N)cnn1C(C)(C)C. The molecule has 0 aliphatic carbocycles. The van der Waals surface area contributed by atoms with Gasteiger partial charge in [-0.2, -0.15) is 10.4 Å². The van der Waals surface area contributed by atoms with Crippen LogP contribution in [0.5, 0.6) is 0 Å². The first-order valence-electron chi connectivity index (χ1n) is 9.20. The molecule has 3 rings (SSSR count). The zero-order valence-corrected chi connectivity index (χ0v) is 15.7. The number of likely N-dealkylation sites (tertiary alicyclic amines) is 1. The van der Waals surface area contributed by atoms with E-state index >= 15 is 0 Å². The van der Waals surface area contributed by atoms with Crippen molar-refractivity contribution in [1.82, 2.24) is 14.7 Å². The Bertz CT molecular complexity index is 684. The molecule has 1 aromatic rings. The predicted octanol–water partition coefficient (Wildman–Crippen LogP) is 3.01. The van der Waals surface area contributed by atoms with Crippen molar-refractivity contribution in [3.8, 4) is 6.07 Å². The minimum atomic E-state index is -0.522. The lowest BCUT2D eigenvalue weighted by molar-refractivity contribution is -0.128. The number of hydrogen-bond donors (Lipinski definition) is 0. The van der Waals surface area contributed by atoms with E-state index in [-0.39, 0.29) is 11.4 Å². The van der Waals surface area contributed by atoms with Crippen LogP contribution in [-0.2, 0) is 10.3 Å². The standard InChI is InChI=1S/C19H28N4O2/c1-14-15(13-21-23(14)18(2,3)4)17(24)22-10-7-9-19(16(22)12-20)8-5-6-11-25-19/h13,16H,5-11H2,1-4H3. The lowest BCUT2D eigenvalue weighted by Crippen LogP contribution is -2.60. The maximum atomic E-state index is 13.2. The summed E-state index contributed by atoms with van der Waals surface area (Å²) in [4.78, 5) is 14.9. The fourth-order valence-corrected chi connectivity index (χ4v) is 4.24. The third-order valence-corrected chi connectivity index (χ3v) is 5.45. The zero-order chi connectivity index (χ0) is 18.2. The Morgan fingerprint density at radius 1 is 1.36 bits per heavy atom. The molecule has 1 aromatic heterocycles. The molecule has 0 bridgehead atoms. The molecule has 0 saturated carbocycles. The number of nitriles is 1. The maximum absolute atomic E-state index is 13.2. The van der Waals surface area contributed by atoms with Crippen LogP contribution in [0.2, 0.25) is 0 Å². The molecule has 2 fully saturated rings. The minimum absolute atomic E-state index is 0.104. The number of ether oxygens (including phenoxy) is 1. The Kier molecular flexibility index (Phi) is 4.63. The predicted molar refractivity (Wildman–Crippen MR) is 94.2 cm³/mol. The molecule has 2 unspecified atom stereocenters. The van der Waals surface area contributed by atoms with Crippen LogP contribution >= 0.6 is 0 Å².